The van der Waals surface area contributed by atoms with Crippen molar-refractivity contribution in [2.45, 2.75) is 13.8 Å². The molecule has 2 rings (SSSR count). The van der Waals surface area contributed by atoms with Gasteiger partial charge in [0.1, 0.15) is 11.9 Å². The van der Waals surface area contributed by atoms with Crippen LogP contribution in [-0.4, -0.2) is 0 Å². The van der Waals surface area contributed by atoms with Gasteiger partial charge in [0, 0.05) is 5.69 Å². The molecule has 2 aromatic rings. The highest BCUT2D eigenvalue weighted by Gasteiger charge is 2.05. The molecule has 0 radical (unpaired) electrons. The molecule has 3 heteroatoms. The van der Waals surface area contributed by atoms with Crippen molar-refractivity contribution in [2.24, 2.45) is 0 Å². The van der Waals surface area contributed by atoms with Crippen molar-refractivity contribution in [3.63, 3.8) is 0 Å². The third-order valence-corrected chi connectivity index (χ3v) is 2.75. The van der Waals surface area contributed by atoms with Crippen molar-refractivity contribution in [3.8, 4) is 6.07 Å². The number of nitrogens with zero attached hydrogens (tertiary/aromatic N) is 1. The summed E-state index contributed by atoms with van der Waals surface area (Å²) >= 11 is 0. The van der Waals surface area contributed by atoms with Crippen LogP contribution in [0.1, 0.15) is 16.7 Å². The average molecular weight is 240 g/mol. The van der Waals surface area contributed by atoms with Crippen molar-refractivity contribution in [3.05, 3.63) is 58.9 Å². The normalized spacial score (nSPS) is 9.89. The van der Waals surface area contributed by atoms with Crippen molar-refractivity contribution in [2.75, 3.05) is 5.32 Å². The number of hydrogen-bond donors (Lipinski definition) is 1. The number of rotatable bonds is 2. The van der Waals surface area contributed by atoms with Crippen LogP contribution in [0.5, 0.6) is 0 Å². The summed E-state index contributed by atoms with van der Waals surface area (Å²) in [7, 11) is 0. The van der Waals surface area contributed by atoms with Gasteiger partial charge in [-0.05, 0) is 43.7 Å². The van der Waals surface area contributed by atoms with Crippen LogP contribution in [0.15, 0.2) is 36.4 Å². The fourth-order valence-electron chi connectivity index (χ4n) is 1.82. The molecule has 0 saturated carbocycles. The van der Waals surface area contributed by atoms with Gasteiger partial charge < -0.3 is 5.32 Å². The average Bonchev–Trinajstić information content (AvgIpc) is 2.34. The highest BCUT2D eigenvalue weighted by Crippen LogP contribution is 2.24. The predicted octanol–water partition coefficient (Wildman–Crippen LogP) is 4.06. The maximum absolute atomic E-state index is 13.0. The summed E-state index contributed by atoms with van der Waals surface area (Å²) in [6.45, 7) is 4.01. The molecule has 1 N–H and O–H groups in total. The van der Waals surface area contributed by atoms with Crippen molar-refractivity contribution < 1.29 is 4.39 Å². The first-order valence-electron chi connectivity index (χ1n) is 5.64. The molecule has 0 atom stereocenters. The summed E-state index contributed by atoms with van der Waals surface area (Å²) in [5.74, 6) is -0.405. The van der Waals surface area contributed by atoms with Gasteiger partial charge in [0.2, 0.25) is 0 Å². The summed E-state index contributed by atoms with van der Waals surface area (Å²) in [5, 5.41) is 12.1. The monoisotopic (exact) mass is 240 g/mol. The van der Waals surface area contributed by atoms with Crippen LogP contribution in [0.4, 0.5) is 15.8 Å². The zero-order valence-electron chi connectivity index (χ0n) is 10.3. The SMILES string of the molecule is Cc1ccc(Nc2ccc(F)cc2C#N)c(C)c1. The number of nitrogens with one attached hydrogen (secondary N) is 1. The number of halogens is 1. The second-order valence-electron chi connectivity index (χ2n) is 4.25. The van der Waals surface area contributed by atoms with Crippen molar-refractivity contribution >= 4 is 11.4 Å². The number of nitriles is 1. The van der Waals surface area contributed by atoms with E-state index in [1.165, 1.54) is 17.7 Å². The molecule has 0 aromatic heterocycles. The Kier molecular flexibility index (Phi) is 3.29. The highest BCUT2D eigenvalue weighted by molar-refractivity contribution is 5.68. The van der Waals surface area contributed by atoms with Crippen LogP contribution in [0.25, 0.3) is 0 Å². The summed E-state index contributed by atoms with van der Waals surface area (Å²) in [6.07, 6.45) is 0. The minimum absolute atomic E-state index is 0.301. The molecule has 0 amide bonds. The lowest BCUT2D eigenvalue weighted by Crippen LogP contribution is -1.96. The lowest BCUT2D eigenvalue weighted by atomic mass is 10.1. The maximum Gasteiger partial charge on any atom is 0.124 e. The Bertz CT molecular complexity index is 627. The molecule has 0 aliphatic heterocycles. The number of anilines is 2. The van der Waals surface area contributed by atoms with E-state index in [-0.39, 0.29) is 0 Å². The maximum atomic E-state index is 13.0. The van der Waals surface area contributed by atoms with Crippen LogP contribution in [-0.2, 0) is 0 Å². The molecular weight excluding hydrogens is 227 g/mol. The molecule has 0 aliphatic carbocycles. The van der Waals surface area contributed by atoms with Crippen LogP contribution >= 0.6 is 0 Å². The highest BCUT2D eigenvalue weighted by atomic mass is 19.1. The lowest BCUT2D eigenvalue weighted by molar-refractivity contribution is 0.627. The van der Waals surface area contributed by atoms with Crippen molar-refractivity contribution in [1.82, 2.24) is 0 Å². The predicted molar refractivity (Wildman–Crippen MR) is 70.3 cm³/mol. The zero-order valence-corrected chi connectivity index (χ0v) is 10.3. The Balaban J connectivity index is 2.37. The van der Waals surface area contributed by atoms with Crippen molar-refractivity contribution in [1.29, 1.82) is 5.26 Å². The van der Waals surface area contributed by atoms with E-state index < -0.39 is 5.82 Å². The van der Waals surface area contributed by atoms with Gasteiger partial charge in [0.15, 0.2) is 0 Å². The van der Waals surface area contributed by atoms with E-state index in [0.29, 0.717) is 11.3 Å². The summed E-state index contributed by atoms with van der Waals surface area (Å²) in [4.78, 5) is 0. The first kappa shape index (κ1) is 12.1. The van der Waals surface area contributed by atoms with Gasteiger partial charge >= 0.3 is 0 Å². The molecular formula is C15H13FN2. The van der Waals surface area contributed by atoms with Gasteiger partial charge in [-0.1, -0.05) is 17.7 Å². The Morgan fingerprint density at radius 3 is 2.44 bits per heavy atom. The van der Waals surface area contributed by atoms with Crippen LogP contribution in [0.2, 0.25) is 0 Å². The van der Waals surface area contributed by atoms with Gasteiger partial charge in [-0.2, -0.15) is 5.26 Å². The lowest BCUT2D eigenvalue weighted by Gasteiger charge is -2.11. The molecule has 2 aromatic carbocycles. The summed E-state index contributed by atoms with van der Waals surface area (Å²) in [5.41, 5.74) is 4.10. The molecule has 0 spiro atoms. The molecule has 18 heavy (non-hydrogen) atoms. The van der Waals surface area contributed by atoms with Gasteiger partial charge in [-0.3, -0.25) is 0 Å². The largest absolute Gasteiger partial charge is 0.354 e. The molecule has 0 bridgehead atoms. The minimum Gasteiger partial charge on any atom is -0.354 e. The smallest absolute Gasteiger partial charge is 0.124 e. The van der Waals surface area contributed by atoms with E-state index in [2.05, 4.69) is 11.4 Å². The number of benzene rings is 2. The molecule has 0 heterocycles. The summed E-state index contributed by atoms with van der Waals surface area (Å²) < 4.78 is 13.0. The Morgan fingerprint density at radius 1 is 1.06 bits per heavy atom. The van der Waals surface area contributed by atoms with Gasteiger partial charge in [-0.15, -0.1) is 0 Å². The quantitative estimate of drug-likeness (QED) is 0.859. The molecule has 90 valence electrons. The van der Waals surface area contributed by atoms with Gasteiger partial charge in [0.25, 0.3) is 0 Å². The molecule has 0 unspecified atom stereocenters. The van der Waals surface area contributed by atoms with E-state index in [1.807, 2.05) is 32.0 Å². The molecule has 0 fully saturated rings. The van der Waals surface area contributed by atoms with E-state index in [0.717, 1.165) is 11.3 Å². The fraction of sp³-hybridized carbons (Fsp3) is 0.133. The standard InChI is InChI=1S/C15H13FN2/c1-10-3-5-14(11(2)7-10)18-15-6-4-13(16)8-12(15)9-17/h3-8,18H,1-2H3. The Labute approximate surface area is 106 Å². The Hall–Kier alpha value is -2.34. The summed E-state index contributed by atoms with van der Waals surface area (Å²) in [6, 6.07) is 12.1. The first-order chi connectivity index (χ1) is 8.60. The van der Waals surface area contributed by atoms with E-state index in [4.69, 9.17) is 5.26 Å². The number of aryl methyl sites for hydroxylation is 2. The van der Waals surface area contributed by atoms with Gasteiger partial charge in [0.05, 0.1) is 11.3 Å². The van der Waals surface area contributed by atoms with Crippen LogP contribution < -0.4 is 5.32 Å². The first-order valence-corrected chi connectivity index (χ1v) is 5.64. The Morgan fingerprint density at radius 2 is 1.78 bits per heavy atom. The second-order valence-corrected chi connectivity index (χ2v) is 4.25. The van der Waals surface area contributed by atoms with E-state index in [1.54, 1.807) is 6.07 Å². The van der Waals surface area contributed by atoms with Crippen LogP contribution in [0, 0.1) is 31.0 Å². The van der Waals surface area contributed by atoms with Gasteiger partial charge in [-0.25, -0.2) is 4.39 Å². The zero-order chi connectivity index (χ0) is 13.1. The molecule has 0 aliphatic rings. The third kappa shape index (κ3) is 2.49. The topological polar surface area (TPSA) is 35.8 Å². The minimum atomic E-state index is -0.405. The fourth-order valence-corrected chi connectivity index (χ4v) is 1.82. The van der Waals surface area contributed by atoms with Crippen LogP contribution in [0.3, 0.4) is 0 Å². The molecule has 2 nitrogen and oxygen atoms in total. The molecule has 0 saturated heterocycles. The van der Waals surface area contributed by atoms with E-state index in [9.17, 15) is 4.39 Å². The third-order valence-electron chi connectivity index (χ3n) is 2.75. The van der Waals surface area contributed by atoms with E-state index >= 15 is 0 Å². The second kappa shape index (κ2) is 4.89. The number of hydrogen-bond acceptors (Lipinski definition) is 2.